The molecule has 2 aliphatic heterocycles. The lowest BCUT2D eigenvalue weighted by atomic mass is 10.1. The van der Waals surface area contributed by atoms with Gasteiger partial charge in [-0.05, 0) is 52.2 Å². The van der Waals surface area contributed by atoms with Gasteiger partial charge in [0, 0.05) is 37.3 Å². The van der Waals surface area contributed by atoms with Crippen LogP contribution in [0.1, 0.15) is 62.4 Å². The number of rotatable bonds is 5. The Balaban J connectivity index is 1.39. The minimum absolute atomic E-state index is 0.325. The Morgan fingerprint density at radius 2 is 2.04 bits per heavy atom. The average molecular weight is 318 g/mol. The van der Waals surface area contributed by atoms with Gasteiger partial charge in [-0.3, -0.25) is 4.79 Å². The van der Waals surface area contributed by atoms with Gasteiger partial charge >= 0.3 is 0 Å². The van der Waals surface area contributed by atoms with Gasteiger partial charge in [-0.2, -0.15) is 0 Å². The summed E-state index contributed by atoms with van der Waals surface area (Å²) in [6.07, 6.45) is 9.99. The normalized spacial score (nSPS) is 23.2. The van der Waals surface area contributed by atoms with Crippen LogP contribution in [-0.4, -0.2) is 58.4 Å². The fraction of sp³-hybridized carbons (Fsp3) is 0.778. The molecule has 1 atom stereocenters. The molecule has 1 unspecified atom stereocenters. The molecule has 23 heavy (non-hydrogen) atoms. The molecule has 2 saturated heterocycles. The number of amides is 1. The molecule has 2 aliphatic rings. The van der Waals surface area contributed by atoms with E-state index in [2.05, 4.69) is 14.9 Å². The second kappa shape index (κ2) is 7.95. The summed E-state index contributed by atoms with van der Waals surface area (Å²) in [7, 11) is 0. The smallest absolute Gasteiger partial charge is 0.222 e. The first-order valence-electron chi connectivity index (χ1n) is 9.24. The summed E-state index contributed by atoms with van der Waals surface area (Å²) in [5.74, 6) is 1.76. The Labute approximate surface area is 139 Å². The van der Waals surface area contributed by atoms with E-state index in [1.165, 1.54) is 38.8 Å². The number of nitrogens with one attached hydrogen (secondary N) is 1. The van der Waals surface area contributed by atoms with Gasteiger partial charge < -0.3 is 14.8 Å². The van der Waals surface area contributed by atoms with Crippen molar-refractivity contribution in [3.8, 4) is 0 Å². The molecule has 5 heteroatoms. The SMILES string of the molecule is Cc1cnc(C2CCN(C(=O)CCCN3CCCCCC3)C2)[nH]1. The van der Waals surface area contributed by atoms with Crippen LogP contribution in [0, 0.1) is 6.92 Å². The van der Waals surface area contributed by atoms with Gasteiger partial charge in [0.1, 0.15) is 5.82 Å². The molecule has 3 rings (SSSR count). The van der Waals surface area contributed by atoms with Crippen molar-refractivity contribution in [2.24, 2.45) is 0 Å². The topological polar surface area (TPSA) is 52.2 Å². The molecule has 0 radical (unpaired) electrons. The lowest BCUT2D eigenvalue weighted by Crippen LogP contribution is -2.30. The first kappa shape index (κ1) is 16.5. The number of likely N-dealkylation sites (tertiary alicyclic amines) is 2. The molecular weight excluding hydrogens is 288 g/mol. The summed E-state index contributed by atoms with van der Waals surface area (Å²) in [4.78, 5) is 24.7. The zero-order chi connectivity index (χ0) is 16.1. The number of aryl methyl sites for hydroxylation is 1. The molecule has 0 aromatic carbocycles. The fourth-order valence-corrected chi connectivity index (χ4v) is 3.82. The van der Waals surface area contributed by atoms with Gasteiger partial charge in [0.2, 0.25) is 5.91 Å². The van der Waals surface area contributed by atoms with Gasteiger partial charge in [-0.1, -0.05) is 12.8 Å². The maximum Gasteiger partial charge on any atom is 0.222 e. The van der Waals surface area contributed by atoms with Gasteiger partial charge in [-0.25, -0.2) is 4.98 Å². The van der Waals surface area contributed by atoms with E-state index in [1.807, 2.05) is 18.0 Å². The highest BCUT2D eigenvalue weighted by Gasteiger charge is 2.28. The van der Waals surface area contributed by atoms with Crippen LogP contribution in [-0.2, 0) is 4.79 Å². The quantitative estimate of drug-likeness (QED) is 0.908. The van der Waals surface area contributed by atoms with Crippen molar-refractivity contribution in [2.45, 2.75) is 57.8 Å². The molecule has 3 heterocycles. The number of hydrogen-bond acceptors (Lipinski definition) is 3. The van der Waals surface area contributed by atoms with Crippen LogP contribution in [0.25, 0.3) is 0 Å². The third-order valence-corrected chi connectivity index (χ3v) is 5.21. The van der Waals surface area contributed by atoms with Gasteiger partial charge in [0.25, 0.3) is 0 Å². The zero-order valence-corrected chi connectivity index (χ0v) is 14.4. The monoisotopic (exact) mass is 318 g/mol. The summed E-state index contributed by atoms with van der Waals surface area (Å²) in [6, 6.07) is 0. The van der Waals surface area contributed by atoms with Gasteiger partial charge in [0.05, 0.1) is 0 Å². The highest BCUT2D eigenvalue weighted by atomic mass is 16.2. The van der Waals surface area contributed by atoms with Crippen molar-refractivity contribution in [3.05, 3.63) is 17.7 Å². The number of hydrogen-bond donors (Lipinski definition) is 1. The van der Waals surface area contributed by atoms with Crippen molar-refractivity contribution in [1.29, 1.82) is 0 Å². The molecule has 1 aromatic heterocycles. The molecule has 0 spiro atoms. The summed E-state index contributed by atoms with van der Waals surface area (Å²) in [6.45, 7) is 7.26. The highest BCUT2D eigenvalue weighted by Crippen LogP contribution is 2.25. The van der Waals surface area contributed by atoms with Crippen LogP contribution in [0.2, 0.25) is 0 Å². The molecule has 2 fully saturated rings. The van der Waals surface area contributed by atoms with Crippen LogP contribution < -0.4 is 0 Å². The molecule has 128 valence electrons. The van der Waals surface area contributed by atoms with Crippen molar-refractivity contribution >= 4 is 5.91 Å². The predicted octanol–water partition coefficient (Wildman–Crippen LogP) is 2.69. The Hall–Kier alpha value is -1.36. The van der Waals surface area contributed by atoms with E-state index >= 15 is 0 Å². The van der Waals surface area contributed by atoms with Gasteiger partial charge in [0.15, 0.2) is 0 Å². The molecule has 1 amide bonds. The molecule has 1 aromatic rings. The van der Waals surface area contributed by atoms with E-state index in [0.717, 1.165) is 44.0 Å². The van der Waals surface area contributed by atoms with E-state index in [1.54, 1.807) is 0 Å². The zero-order valence-electron chi connectivity index (χ0n) is 14.4. The lowest BCUT2D eigenvalue weighted by Gasteiger charge is -2.21. The summed E-state index contributed by atoms with van der Waals surface area (Å²) in [5, 5.41) is 0. The predicted molar refractivity (Wildman–Crippen MR) is 91.4 cm³/mol. The Morgan fingerprint density at radius 3 is 2.74 bits per heavy atom. The number of aromatic amines is 1. The number of carbonyl (C=O) groups excluding carboxylic acids is 1. The van der Waals surface area contributed by atoms with Crippen LogP contribution in [0.3, 0.4) is 0 Å². The second-order valence-electron chi connectivity index (χ2n) is 7.14. The first-order valence-corrected chi connectivity index (χ1v) is 9.24. The fourth-order valence-electron chi connectivity index (χ4n) is 3.82. The number of imidazole rings is 1. The van der Waals surface area contributed by atoms with Crippen molar-refractivity contribution < 1.29 is 4.79 Å². The van der Waals surface area contributed by atoms with Crippen LogP contribution in [0.5, 0.6) is 0 Å². The van der Waals surface area contributed by atoms with E-state index in [4.69, 9.17) is 0 Å². The molecule has 0 aliphatic carbocycles. The minimum Gasteiger partial charge on any atom is -0.346 e. The minimum atomic E-state index is 0.325. The summed E-state index contributed by atoms with van der Waals surface area (Å²) < 4.78 is 0. The highest BCUT2D eigenvalue weighted by molar-refractivity contribution is 5.76. The van der Waals surface area contributed by atoms with Gasteiger partial charge in [-0.15, -0.1) is 0 Å². The third-order valence-electron chi connectivity index (χ3n) is 5.21. The maximum absolute atomic E-state index is 12.4. The lowest BCUT2D eigenvalue weighted by molar-refractivity contribution is -0.130. The number of H-pyrrole nitrogens is 1. The summed E-state index contributed by atoms with van der Waals surface area (Å²) in [5.41, 5.74) is 1.10. The molecule has 1 N–H and O–H groups in total. The second-order valence-corrected chi connectivity index (χ2v) is 7.14. The van der Waals surface area contributed by atoms with Crippen LogP contribution in [0.15, 0.2) is 6.20 Å². The van der Waals surface area contributed by atoms with Crippen LogP contribution >= 0.6 is 0 Å². The molecular formula is C18H30N4O. The maximum atomic E-state index is 12.4. The van der Waals surface area contributed by atoms with E-state index in [0.29, 0.717) is 18.2 Å². The number of aromatic nitrogens is 2. The van der Waals surface area contributed by atoms with Crippen molar-refractivity contribution in [3.63, 3.8) is 0 Å². The molecule has 0 saturated carbocycles. The summed E-state index contributed by atoms with van der Waals surface area (Å²) >= 11 is 0. The molecule has 0 bridgehead atoms. The van der Waals surface area contributed by atoms with Crippen molar-refractivity contribution in [1.82, 2.24) is 19.8 Å². The Morgan fingerprint density at radius 1 is 1.26 bits per heavy atom. The number of nitrogens with zero attached hydrogens (tertiary/aromatic N) is 3. The standard InChI is InChI=1S/C18H30N4O/c1-15-13-19-18(20-15)16-8-12-22(14-16)17(23)7-6-11-21-9-4-2-3-5-10-21/h13,16H,2-12,14H2,1H3,(H,19,20). The van der Waals surface area contributed by atoms with E-state index < -0.39 is 0 Å². The van der Waals surface area contributed by atoms with Crippen LogP contribution in [0.4, 0.5) is 0 Å². The largest absolute Gasteiger partial charge is 0.346 e. The Bertz CT molecular complexity index is 505. The van der Waals surface area contributed by atoms with Crippen molar-refractivity contribution in [2.75, 3.05) is 32.7 Å². The average Bonchev–Trinajstić information content (AvgIpc) is 3.11. The van der Waals surface area contributed by atoms with E-state index in [-0.39, 0.29) is 0 Å². The first-order chi connectivity index (χ1) is 11.2. The Kier molecular flexibility index (Phi) is 5.70. The number of carbonyl (C=O) groups is 1. The third kappa shape index (κ3) is 4.56. The molecule has 5 nitrogen and oxygen atoms in total. The van der Waals surface area contributed by atoms with E-state index in [9.17, 15) is 4.79 Å².